The van der Waals surface area contributed by atoms with Crippen LogP contribution in [0.1, 0.15) is 63.8 Å². The van der Waals surface area contributed by atoms with E-state index in [2.05, 4.69) is 10.6 Å². The van der Waals surface area contributed by atoms with Gasteiger partial charge in [0.05, 0.1) is 17.5 Å². The van der Waals surface area contributed by atoms with Crippen molar-refractivity contribution in [1.29, 1.82) is 0 Å². The monoisotopic (exact) mass is 531 g/mol. The minimum Gasteiger partial charge on any atom is -0.478 e. The first-order valence-corrected chi connectivity index (χ1v) is 12.0. The van der Waals surface area contributed by atoms with Gasteiger partial charge in [-0.25, -0.2) is 9.59 Å². The fourth-order valence-electron chi connectivity index (χ4n) is 3.77. The molecule has 10 heteroatoms. The van der Waals surface area contributed by atoms with Crippen molar-refractivity contribution in [1.82, 2.24) is 5.32 Å². The molecule has 0 aliphatic rings. The van der Waals surface area contributed by atoms with Gasteiger partial charge in [0.1, 0.15) is 11.6 Å². The minimum atomic E-state index is -1.46. The summed E-state index contributed by atoms with van der Waals surface area (Å²) in [6, 6.07) is 15.8. The zero-order chi connectivity index (χ0) is 28.7. The van der Waals surface area contributed by atoms with Gasteiger partial charge in [-0.15, -0.1) is 0 Å². The number of benzene rings is 3. The quantitative estimate of drug-likeness (QED) is 0.180. The maximum atomic E-state index is 13.8. The highest BCUT2D eigenvalue weighted by atomic mass is 16.6. The van der Waals surface area contributed by atoms with Gasteiger partial charge in [-0.3, -0.25) is 14.4 Å². The lowest BCUT2D eigenvalue weighted by atomic mass is 9.91. The average Bonchev–Trinajstić information content (AvgIpc) is 2.87. The van der Waals surface area contributed by atoms with Crippen LogP contribution in [0.5, 0.6) is 0 Å². The SMILES string of the molecule is CC(C)(C)OC(=O)CC(NC(=O)Nc1cccc(C(=O)O)c1)C(=O)c1c(N)cccc1C(=O)c1ccccc1. The number of nitrogen functional groups attached to an aromatic ring is 1. The highest BCUT2D eigenvalue weighted by Crippen LogP contribution is 2.24. The van der Waals surface area contributed by atoms with Crippen LogP contribution in [0.15, 0.2) is 72.8 Å². The fraction of sp³-hybridized carbons (Fsp3) is 0.207. The van der Waals surface area contributed by atoms with Crippen molar-refractivity contribution in [2.45, 2.75) is 38.8 Å². The molecule has 0 aromatic heterocycles. The summed E-state index contributed by atoms with van der Waals surface area (Å²) in [5.41, 5.74) is 5.55. The zero-order valence-corrected chi connectivity index (χ0v) is 21.7. The summed E-state index contributed by atoms with van der Waals surface area (Å²) in [5, 5.41) is 14.1. The lowest BCUT2D eigenvalue weighted by molar-refractivity contribution is -0.155. The van der Waals surface area contributed by atoms with Gasteiger partial charge in [-0.05, 0) is 45.0 Å². The number of hydrogen-bond acceptors (Lipinski definition) is 7. The van der Waals surface area contributed by atoms with Crippen molar-refractivity contribution in [2.24, 2.45) is 0 Å². The number of amides is 2. The van der Waals surface area contributed by atoms with Crippen LogP contribution in [0.25, 0.3) is 0 Å². The van der Waals surface area contributed by atoms with Crippen molar-refractivity contribution < 1.29 is 33.8 Å². The van der Waals surface area contributed by atoms with Crippen LogP contribution < -0.4 is 16.4 Å². The topological polar surface area (TPSA) is 165 Å². The number of esters is 1. The Kier molecular flexibility index (Phi) is 8.82. The molecule has 39 heavy (non-hydrogen) atoms. The molecule has 10 nitrogen and oxygen atoms in total. The molecule has 0 aliphatic heterocycles. The van der Waals surface area contributed by atoms with Crippen molar-refractivity contribution in [2.75, 3.05) is 11.1 Å². The molecule has 0 heterocycles. The molecule has 0 radical (unpaired) electrons. The third-order valence-corrected chi connectivity index (χ3v) is 5.40. The van der Waals surface area contributed by atoms with Gasteiger partial charge in [-0.2, -0.15) is 0 Å². The number of nitrogens with two attached hydrogens (primary N) is 1. The third-order valence-electron chi connectivity index (χ3n) is 5.40. The zero-order valence-electron chi connectivity index (χ0n) is 21.7. The van der Waals surface area contributed by atoms with Crippen molar-refractivity contribution >= 4 is 40.9 Å². The van der Waals surface area contributed by atoms with E-state index in [0.29, 0.717) is 5.56 Å². The molecule has 0 spiro atoms. The van der Waals surface area contributed by atoms with Gasteiger partial charge in [0.2, 0.25) is 0 Å². The van der Waals surface area contributed by atoms with Crippen LogP contribution >= 0.6 is 0 Å². The number of ketones is 2. The maximum Gasteiger partial charge on any atom is 0.335 e. The highest BCUT2D eigenvalue weighted by Gasteiger charge is 2.31. The molecule has 0 saturated heterocycles. The van der Waals surface area contributed by atoms with Crippen molar-refractivity contribution in [3.8, 4) is 0 Å². The van der Waals surface area contributed by atoms with Gasteiger partial charge in [0.15, 0.2) is 11.6 Å². The highest BCUT2D eigenvalue weighted by molar-refractivity contribution is 6.19. The number of Topliss-reactive ketones (excluding diaryl/α,β-unsaturated/α-hetero) is 1. The summed E-state index contributed by atoms with van der Waals surface area (Å²) in [6.07, 6.45) is -0.550. The van der Waals surface area contributed by atoms with E-state index in [1.165, 1.54) is 42.5 Å². The summed E-state index contributed by atoms with van der Waals surface area (Å²) in [7, 11) is 0. The number of carboxylic acid groups (broad SMARTS) is 1. The Bertz CT molecular complexity index is 1410. The van der Waals surface area contributed by atoms with Gasteiger partial charge >= 0.3 is 18.0 Å². The first kappa shape index (κ1) is 28.6. The van der Waals surface area contributed by atoms with E-state index < -0.39 is 47.6 Å². The second kappa shape index (κ2) is 12.0. The van der Waals surface area contributed by atoms with E-state index in [0.717, 1.165) is 0 Å². The second-order valence-corrected chi connectivity index (χ2v) is 9.66. The standard InChI is InChI=1S/C29H29N3O7/c1-29(2,3)39-23(33)16-22(32-28(38)31-19-12-7-11-18(15-19)27(36)37)26(35)24-20(13-8-14-21(24)30)25(34)17-9-5-4-6-10-17/h4-15,22H,16,30H2,1-3H3,(H,36,37)(H2,31,32,38). The Morgan fingerprint density at radius 1 is 0.897 bits per heavy atom. The largest absolute Gasteiger partial charge is 0.478 e. The van der Waals surface area contributed by atoms with Crippen LogP contribution in [0, 0.1) is 0 Å². The Morgan fingerprint density at radius 2 is 1.54 bits per heavy atom. The van der Waals surface area contributed by atoms with Crippen LogP contribution in [0.3, 0.4) is 0 Å². The molecule has 0 aliphatic carbocycles. The molecule has 1 atom stereocenters. The van der Waals surface area contributed by atoms with E-state index in [1.807, 2.05) is 0 Å². The third kappa shape index (κ3) is 7.75. The smallest absolute Gasteiger partial charge is 0.335 e. The lowest BCUT2D eigenvalue weighted by Gasteiger charge is -2.23. The summed E-state index contributed by atoms with van der Waals surface area (Å²) in [6.45, 7) is 4.97. The Labute approximate surface area is 225 Å². The maximum absolute atomic E-state index is 13.8. The molecule has 0 bridgehead atoms. The molecule has 5 N–H and O–H groups in total. The van der Waals surface area contributed by atoms with Gasteiger partial charge < -0.3 is 26.2 Å². The Morgan fingerprint density at radius 3 is 2.18 bits per heavy atom. The first-order valence-electron chi connectivity index (χ1n) is 12.0. The summed E-state index contributed by atoms with van der Waals surface area (Å²) in [4.78, 5) is 63.8. The summed E-state index contributed by atoms with van der Waals surface area (Å²) >= 11 is 0. The molecule has 1 unspecified atom stereocenters. The van der Waals surface area contributed by atoms with Crippen LogP contribution in [0.4, 0.5) is 16.2 Å². The number of rotatable bonds is 9. The molecular weight excluding hydrogens is 502 g/mol. The lowest BCUT2D eigenvalue weighted by Crippen LogP contribution is -2.45. The Balaban J connectivity index is 1.95. The second-order valence-electron chi connectivity index (χ2n) is 9.66. The minimum absolute atomic E-state index is 0.00710. The van der Waals surface area contributed by atoms with Gasteiger partial charge in [0, 0.05) is 22.5 Å². The predicted molar refractivity (Wildman–Crippen MR) is 145 cm³/mol. The number of urea groups is 1. The van der Waals surface area contributed by atoms with Crippen molar-refractivity contribution in [3.63, 3.8) is 0 Å². The fourth-order valence-corrected chi connectivity index (χ4v) is 3.77. The van der Waals surface area contributed by atoms with Crippen molar-refractivity contribution in [3.05, 3.63) is 95.1 Å². The predicted octanol–water partition coefficient (Wildman–Crippen LogP) is 4.30. The number of aromatic carboxylic acids is 1. The van der Waals surface area contributed by atoms with E-state index >= 15 is 0 Å². The molecule has 0 saturated carbocycles. The number of carbonyl (C=O) groups excluding carboxylic acids is 4. The van der Waals surface area contributed by atoms with Crippen LogP contribution in [-0.2, 0) is 9.53 Å². The average molecular weight is 532 g/mol. The number of nitrogens with one attached hydrogen (secondary N) is 2. The normalized spacial score (nSPS) is 11.7. The van der Waals surface area contributed by atoms with Crippen LogP contribution in [-0.4, -0.2) is 46.3 Å². The van der Waals surface area contributed by atoms with Gasteiger partial charge in [0.25, 0.3) is 0 Å². The molecule has 0 fully saturated rings. The van der Waals surface area contributed by atoms with E-state index in [4.69, 9.17) is 10.5 Å². The number of ether oxygens (including phenoxy) is 1. The molecular formula is C29H29N3O7. The molecule has 202 valence electrons. The molecule has 3 aromatic carbocycles. The number of carbonyl (C=O) groups is 5. The summed E-state index contributed by atoms with van der Waals surface area (Å²) in [5.74, 6) is -3.18. The van der Waals surface area contributed by atoms with Gasteiger partial charge in [-0.1, -0.05) is 48.5 Å². The molecule has 3 aromatic rings. The van der Waals surface area contributed by atoms with E-state index in [9.17, 15) is 29.1 Å². The van der Waals surface area contributed by atoms with E-state index in [1.54, 1.807) is 51.1 Å². The number of hydrogen-bond donors (Lipinski definition) is 4. The Hall–Kier alpha value is -4.99. The van der Waals surface area contributed by atoms with Crippen LogP contribution in [0.2, 0.25) is 0 Å². The molecule has 2 amide bonds. The summed E-state index contributed by atoms with van der Waals surface area (Å²) < 4.78 is 5.35. The number of anilines is 2. The number of carboxylic acids is 1. The van der Waals surface area contributed by atoms with E-state index in [-0.39, 0.29) is 28.1 Å². The first-order chi connectivity index (χ1) is 18.4. The molecule has 3 rings (SSSR count).